The van der Waals surface area contributed by atoms with Crippen LogP contribution in [-0.2, 0) is 0 Å². The van der Waals surface area contributed by atoms with E-state index in [1.165, 1.54) is 68.2 Å². The van der Waals surface area contributed by atoms with Crippen LogP contribution in [0.3, 0.4) is 0 Å². The molecular formula is C29H31Cl3N4O3S2. The number of carbonyl (C=O) groups excluding carboxylic acids is 1. The lowest BCUT2D eigenvalue weighted by molar-refractivity contribution is -0.00677. The number of aliphatic hydroxyl groups is 2. The van der Waals surface area contributed by atoms with Gasteiger partial charge >= 0.3 is 0 Å². The Bertz CT molecular complexity index is 1460. The summed E-state index contributed by atoms with van der Waals surface area (Å²) in [6.45, 7) is 4.70. The average molecular weight is 654 g/mol. The maximum atomic E-state index is 13.3. The van der Waals surface area contributed by atoms with Gasteiger partial charge < -0.3 is 15.1 Å². The van der Waals surface area contributed by atoms with Crippen molar-refractivity contribution in [1.82, 2.24) is 9.88 Å². The summed E-state index contributed by atoms with van der Waals surface area (Å²) < 4.78 is 0. The normalized spacial score (nSPS) is 21.8. The number of fused-ring (bicyclic) bond motifs is 1. The molecule has 3 aromatic rings. The first-order valence-electron chi connectivity index (χ1n) is 13.8. The van der Waals surface area contributed by atoms with E-state index in [1.54, 1.807) is 18.3 Å². The van der Waals surface area contributed by atoms with Crippen molar-refractivity contribution in [3.63, 3.8) is 0 Å². The van der Waals surface area contributed by atoms with Crippen LogP contribution in [0.25, 0.3) is 16.6 Å². The molecule has 2 atom stereocenters. The van der Waals surface area contributed by atoms with Crippen LogP contribution in [0, 0.1) is 5.92 Å². The van der Waals surface area contributed by atoms with E-state index in [1.807, 2.05) is 11.4 Å². The molecule has 6 rings (SSSR count). The topological polar surface area (TPSA) is 88.9 Å². The highest BCUT2D eigenvalue weighted by Crippen LogP contribution is 2.46. The number of nitrogens with zero attached hydrogens (tertiary/aromatic N) is 3. The van der Waals surface area contributed by atoms with E-state index in [-0.39, 0.29) is 27.1 Å². The van der Waals surface area contributed by atoms with E-state index in [9.17, 15) is 15.0 Å². The largest absolute Gasteiger partial charge is 0.365 e. The van der Waals surface area contributed by atoms with E-state index in [4.69, 9.17) is 39.8 Å². The van der Waals surface area contributed by atoms with Gasteiger partial charge in [-0.2, -0.15) is 0 Å². The maximum Gasteiger partial charge on any atom is 0.257 e. The summed E-state index contributed by atoms with van der Waals surface area (Å²) in [6, 6.07) is 6.23. The molecular weight excluding hydrogens is 623 g/mol. The summed E-state index contributed by atoms with van der Waals surface area (Å²) in [5, 5.41) is 26.3. The Morgan fingerprint density at radius 3 is 2.51 bits per heavy atom. The number of aromatic nitrogens is 1. The van der Waals surface area contributed by atoms with Gasteiger partial charge in [0.1, 0.15) is 10.7 Å². The van der Waals surface area contributed by atoms with Crippen LogP contribution < -0.4 is 10.2 Å². The van der Waals surface area contributed by atoms with Gasteiger partial charge in [0.15, 0.2) is 11.4 Å². The number of hydrogen-bond donors (Lipinski definition) is 3. The highest BCUT2D eigenvalue weighted by Gasteiger charge is 2.45. The SMILES string of the molecule is C/C(=C\c1c(Cl)cc(C(=O)Nc2nc(-c3cc(Cl)cs3)c(N3CC4CCN(C5CCCC5)C4C3)s2)cc1Cl)C(O)O. The van der Waals surface area contributed by atoms with Crippen LogP contribution in [-0.4, -0.2) is 64.0 Å². The van der Waals surface area contributed by atoms with Gasteiger partial charge in [-0.15, -0.1) is 11.3 Å². The number of thiophene rings is 1. The number of nitrogens with one attached hydrogen (secondary N) is 1. The molecule has 0 spiro atoms. The standard InChI is InChI=1S/C29H31Cl3N4O3S2/c1-15(28(38)39)8-20-21(31)9-17(10-22(20)32)26(37)34-29-33-25(24-11-18(30)14-40-24)27(41-29)35-12-16-6-7-36(23(16)13-35)19-4-2-3-5-19/h8-11,14,16,19,23,28,38-39H,2-7,12-13H2,1H3,(H,33,34,37)/b15-8+. The number of halogens is 3. The second kappa shape index (κ2) is 12.1. The Labute approximate surface area is 262 Å². The summed E-state index contributed by atoms with van der Waals surface area (Å²) in [6.07, 6.45) is 6.39. The number of hydrogen-bond acceptors (Lipinski definition) is 8. The van der Waals surface area contributed by atoms with Gasteiger partial charge in [-0.1, -0.05) is 59.0 Å². The van der Waals surface area contributed by atoms with E-state index < -0.39 is 6.29 Å². The van der Waals surface area contributed by atoms with Gasteiger partial charge in [-0.05, 0) is 68.5 Å². The molecule has 4 heterocycles. The molecule has 2 aromatic heterocycles. The lowest BCUT2D eigenvalue weighted by atomic mass is 10.0. The van der Waals surface area contributed by atoms with E-state index in [0.29, 0.717) is 27.7 Å². The van der Waals surface area contributed by atoms with Crippen LogP contribution in [0.4, 0.5) is 10.1 Å². The van der Waals surface area contributed by atoms with Crippen molar-refractivity contribution in [2.24, 2.45) is 5.92 Å². The van der Waals surface area contributed by atoms with Gasteiger partial charge in [-0.25, -0.2) is 4.98 Å². The van der Waals surface area contributed by atoms with Crippen molar-refractivity contribution < 1.29 is 15.0 Å². The number of carbonyl (C=O) groups is 1. The molecule has 12 heteroatoms. The predicted octanol–water partition coefficient (Wildman–Crippen LogP) is 7.25. The number of aliphatic hydroxyl groups excluding tert-OH is 1. The first-order valence-corrected chi connectivity index (χ1v) is 16.6. The van der Waals surface area contributed by atoms with Crippen molar-refractivity contribution in [3.05, 3.63) is 55.3 Å². The molecule has 2 unspecified atom stereocenters. The number of anilines is 2. The minimum Gasteiger partial charge on any atom is -0.365 e. The predicted molar refractivity (Wildman–Crippen MR) is 170 cm³/mol. The Balaban J connectivity index is 1.25. The van der Waals surface area contributed by atoms with Crippen molar-refractivity contribution in [3.8, 4) is 10.6 Å². The monoisotopic (exact) mass is 652 g/mol. The zero-order valence-corrected chi connectivity index (χ0v) is 26.3. The molecule has 41 heavy (non-hydrogen) atoms. The molecule has 1 saturated carbocycles. The first-order chi connectivity index (χ1) is 19.7. The Morgan fingerprint density at radius 2 is 1.85 bits per heavy atom. The fourth-order valence-electron chi connectivity index (χ4n) is 6.35. The number of amides is 1. The van der Waals surface area contributed by atoms with Crippen LogP contribution in [0.2, 0.25) is 15.1 Å². The summed E-state index contributed by atoms with van der Waals surface area (Å²) in [7, 11) is 0. The molecule has 3 fully saturated rings. The Hall–Kier alpha value is -1.69. The van der Waals surface area contributed by atoms with E-state index in [0.717, 1.165) is 34.7 Å². The summed E-state index contributed by atoms with van der Waals surface area (Å²) in [4.78, 5) is 24.3. The molecule has 1 aromatic carbocycles. The third-order valence-corrected chi connectivity index (χ3v) is 11.4. The number of likely N-dealkylation sites (tertiary alicyclic amines) is 1. The van der Waals surface area contributed by atoms with Crippen LogP contribution in [0.1, 0.15) is 54.9 Å². The third-order valence-electron chi connectivity index (χ3n) is 8.42. The zero-order valence-electron chi connectivity index (χ0n) is 22.4. The van der Waals surface area contributed by atoms with Gasteiger partial charge in [0, 0.05) is 41.7 Å². The lowest BCUT2D eigenvalue weighted by Gasteiger charge is -2.30. The lowest BCUT2D eigenvalue weighted by Crippen LogP contribution is -2.41. The summed E-state index contributed by atoms with van der Waals surface area (Å²) in [5.74, 6) is 0.257. The summed E-state index contributed by atoms with van der Waals surface area (Å²) >= 11 is 22.2. The molecule has 1 amide bonds. The molecule has 3 N–H and O–H groups in total. The minimum atomic E-state index is -1.63. The number of rotatable bonds is 7. The third kappa shape index (κ3) is 6.06. The van der Waals surface area contributed by atoms with Crippen molar-refractivity contribution in [1.29, 1.82) is 0 Å². The summed E-state index contributed by atoms with van der Waals surface area (Å²) in [5.41, 5.74) is 1.80. The average Bonchev–Trinajstić information content (AvgIpc) is 3.74. The quantitative estimate of drug-likeness (QED) is 0.233. The Kier molecular flexibility index (Phi) is 8.69. The molecule has 3 aliphatic rings. The highest BCUT2D eigenvalue weighted by molar-refractivity contribution is 7.21. The van der Waals surface area contributed by atoms with Crippen molar-refractivity contribution >= 4 is 79.6 Å². The smallest absolute Gasteiger partial charge is 0.257 e. The maximum absolute atomic E-state index is 13.3. The van der Waals surface area contributed by atoms with Gasteiger partial charge in [0.2, 0.25) is 0 Å². The van der Waals surface area contributed by atoms with Gasteiger partial charge in [0.05, 0.1) is 19.9 Å². The van der Waals surface area contributed by atoms with Gasteiger partial charge in [-0.3, -0.25) is 15.0 Å². The molecule has 2 saturated heterocycles. The molecule has 0 bridgehead atoms. The van der Waals surface area contributed by atoms with Crippen LogP contribution >= 0.6 is 57.5 Å². The molecule has 7 nitrogen and oxygen atoms in total. The van der Waals surface area contributed by atoms with E-state index >= 15 is 0 Å². The molecule has 2 aliphatic heterocycles. The number of benzene rings is 1. The van der Waals surface area contributed by atoms with Crippen molar-refractivity contribution in [2.45, 2.75) is 57.4 Å². The van der Waals surface area contributed by atoms with E-state index in [2.05, 4.69) is 15.1 Å². The molecule has 1 aliphatic carbocycles. The minimum absolute atomic E-state index is 0.229. The zero-order chi connectivity index (χ0) is 28.8. The molecule has 218 valence electrons. The van der Waals surface area contributed by atoms with Crippen LogP contribution in [0.15, 0.2) is 29.2 Å². The fraction of sp³-hybridized carbons (Fsp3) is 0.448. The fourth-order valence-corrected chi connectivity index (χ4v) is 9.07. The molecule has 0 radical (unpaired) electrons. The highest BCUT2D eigenvalue weighted by atomic mass is 35.5. The number of thiazole rings is 1. The Morgan fingerprint density at radius 1 is 1.12 bits per heavy atom. The van der Waals surface area contributed by atoms with Gasteiger partial charge in [0.25, 0.3) is 5.91 Å². The first kappa shape index (κ1) is 29.4. The second-order valence-corrected chi connectivity index (χ2v) is 14.2. The van der Waals surface area contributed by atoms with Crippen LogP contribution in [0.5, 0.6) is 0 Å². The van der Waals surface area contributed by atoms with Crippen molar-refractivity contribution in [2.75, 3.05) is 29.9 Å². The second-order valence-electron chi connectivity index (χ2n) is 11.1.